The third-order valence-electron chi connectivity index (χ3n) is 4.26. The molecule has 2 aliphatic heterocycles. The van der Waals surface area contributed by atoms with Crippen LogP contribution in [-0.2, 0) is 0 Å². The Morgan fingerprint density at radius 1 is 1.29 bits per heavy atom. The lowest BCUT2D eigenvalue weighted by molar-refractivity contribution is 0.144. The number of carbonyl (C=O) groups excluding carboxylic acids is 2. The van der Waals surface area contributed by atoms with E-state index in [4.69, 9.17) is 5.73 Å². The van der Waals surface area contributed by atoms with Crippen LogP contribution in [0, 0.1) is 0 Å². The smallest absolute Gasteiger partial charge is 0.318 e. The van der Waals surface area contributed by atoms with E-state index in [1.807, 2.05) is 17.0 Å². The number of nitrogens with one attached hydrogen (secondary N) is 1. The van der Waals surface area contributed by atoms with E-state index in [1.54, 1.807) is 17.3 Å². The van der Waals surface area contributed by atoms with Crippen LogP contribution in [0.3, 0.4) is 0 Å². The van der Waals surface area contributed by atoms with Gasteiger partial charge in [-0.3, -0.25) is 4.98 Å². The maximum atomic E-state index is 12.2. The van der Waals surface area contributed by atoms with E-state index in [9.17, 15) is 9.59 Å². The van der Waals surface area contributed by atoms with Crippen LogP contribution in [0.25, 0.3) is 0 Å². The number of primary amides is 1. The van der Waals surface area contributed by atoms with Gasteiger partial charge in [-0.05, 0) is 30.5 Å². The molecule has 0 aliphatic carbocycles. The van der Waals surface area contributed by atoms with Gasteiger partial charge in [0, 0.05) is 38.1 Å². The van der Waals surface area contributed by atoms with Gasteiger partial charge in [-0.1, -0.05) is 0 Å². The summed E-state index contributed by atoms with van der Waals surface area (Å²) >= 11 is 0. The Morgan fingerprint density at radius 3 is 2.57 bits per heavy atom. The number of amides is 4. The van der Waals surface area contributed by atoms with Crippen molar-refractivity contribution in [2.45, 2.75) is 24.9 Å². The van der Waals surface area contributed by atoms with E-state index in [1.165, 1.54) is 0 Å². The van der Waals surface area contributed by atoms with Crippen LogP contribution in [0.15, 0.2) is 24.5 Å². The normalized spacial score (nSPS) is 23.2. The summed E-state index contributed by atoms with van der Waals surface area (Å²) in [5.74, 6) is 0. The Balaban J connectivity index is 1.63. The van der Waals surface area contributed by atoms with Gasteiger partial charge in [-0.15, -0.1) is 0 Å². The zero-order valence-electron chi connectivity index (χ0n) is 11.7. The van der Waals surface area contributed by atoms with Gasteiger partial charge in [0.25, 0.3) is 0 Å². The number of piperidine rings is 1. The van der Waals surface area contributed by atoms with Crippen LogP contribution in [-0.4, -0.2) is 52.5 Å². The minimum atomic E-state index is -0.381. The van der Waals surface area contributed by atoms with E-state index in [2.05, 4.69) is 10.3 Å². The number of hydrogen-bond donors (Lipinski definition) is 2. The van der Waals surface area contributed by atoms with Gasteiger partial charge in [0.15, 0.2) is 0 Å². The van der Waals surface area contributed by atoms with Gasteiger partial charge in [0.05, 0.1) is 6.04 Å². The van der Waals surface area contributed by atoms with Crippen LogP contribution < -0.4 is 11.1 Å². The van der Waals surface area contributed by atoms with Crippen molar-refractivity contribution in [1.82, 2.24) is 20.1 Å². The van der Waals surface area contributed by atoms with Crippen LogP contribution in [0.2, 0.25) is 0 Å². The number of hydrogen-bond acceptors (Lipinski definition) is 3. The molecule has 7 nitrogen and oxygen atoms in total. The second kappa shape index (κ2) is 5.59. The third-order valence-corrected chi connectivity index (χ3v) is 4.26. The van der Waals surface area contributed by atoms with Crippen LogP contribution in [0.5, 0.6) is 0 Å². The van der Waals surface area contributed by atoms with Crippen molar-refractivity contribution in [1.29, 1.82) is 0 Å². The third kappa shape index (κ3) is 2.76. The molecule has 2 aliphatic rings. The molecule has 4 amide bonds. The molecule has 0 aromatic carbocycles. The van der Waals surface area contributed by atoms with Crippen LogP contribution in [0.1, 0.15) is 24.4 Å². The molecule has 21 heavy (non-hydrogen) atoms. The maximum Gasteiger partial charge on any atom is 0.318 e. The fourth-order valence-electron chi connectivity index (χ4n) is 3.05. The standard InChI is InChI=1S/C14H19N5O2/c15-13(20)18-7-3-11(4-8-18)19-9-12(17-14(19)21)10-1-5-16-6-2-10/h1-2,5-6,11-12H,3-4,7-9H2,(H2,15,20)(H,17,21). The number of carbonyl (C=O) groups is 2. The van der Waals surface area contributed by atoms with Crippen LogP contribution in [0.4, 0.5) is 9.59 Å². The fourth-order valence-corrected chi connectivity index (χ4v) is 3.05. The van der Waals surface area contributed by atoms with Gasteiger partial charge in [-0.25, -0.2) is 9.59 Å². The average molecular weight is 289 g/mol. The van der Waals surface area contributed by atoms with Crippen molar-refractivity contribution in [3.05, 3.63) is 30.1 Å². The number of pyridine rings is 1. The second-order valence-corrected chi connectivity index (χ2v) is 5.49. The highest BCUT2D eigenvalue weighted by Gasteiger charge is 2.36. The predicted molar refractivity (Wildman–Crippen MR) is 76.4 cm³/mol. The molecule has 0 bridgehead atoms. The molecule has 3 N–H and O–H groups in total. The van der Waals surface area contributed by atoms with E-state index < -0.39 is 0 Å². The van der Waals surface area contributed by atoms with Crippen molar-refractivity contribution in [2.24, 2.45) is 5.73 Å². The number of rotatable bonds is 2. The molecule has 112 valence electrons. The SMILES string of the molecule is NC(=O)N1CCC(N2CC(c3ccncc3)NC2=O)CC1. The molecule has 1 atom stereocenters. The maximum absolute atomic E-state index is 12.2. The molecule has 3 rings (SSSR count). The topological polar surface area (TPSA) is 91.6 Å². The monoisotopic (exact) mass is 289 g/mol. The first-order valence-electron chi connectivity index (χ1n) is 7.16. The summed E-state index contributed by atoms with van der Waals surface area (Å²) in [4.78, 5) is 30.8. The summed E-state index contributed by atoms with van der Waals surface area (Å²) in [6.07, 6.45) is 5.02. The summed E-state index contributed by atoms with van der Waals surface area (Å²) in [6.45, 7) is 1.89. The van der Waals surface area contributed by atoms with Gasteiger partial charge in [-0.2, -0.15) is 0 Å². The summed E-state index contributed by atoms with van der Waals surface area (Å²) in [5, 5.41) is 3.01. The highest BCUT2D eigenvalue weighted by Crippen LogP contribution is 2.25. The summed E-state index contributed by atoms with van der Waals surface area (Å²) in [7, 11) is 0. The Morgan fingerprint density at radius 2 is 1.95 bits per heavy atom. The number of aromatic nitrogens is 1. The van der Waals surface area contributed by atoms with E-state index in [0.29, 0.717) is 19.6 Å². The Labute approximate surface area is 123 Å². The van der Waals surface area contributed by atoms with Gasteiger partial charge >= 0.3 is 12.1 Å². The van der Waals surface area contributed by atoms with E-state index >= 15 is 0 Å². The van der Waals surface area contributed by atoms with Crippen LogP contribution >= 0.6 is 0 Å². The molecule has 2 fully saturated rings. The highest BCUT2D eigenvalue weighted by atomic mass is 16.2. The molecular weight excluding hydrogens is 270 g/mol. The first kappa shape index (κ1) is 13.7. The summed E-state index contributed by atoms with van der Waals surface area (Å²) < 4.78 is 0. The average Bonchev–Trinajstić information content (AvgIpc) is 2.90. The first-order valence-corrected chi connectivity index (χ1v) is 7.16. The fraction of sp³-hybridized carbons (Fsp3) is 0.500. The molecule has 1 aromatic heterocycles. The quantitative estimate of drug-likeness (QED) is 0.839. The summed E-state index contributed by atoms with van der Waals surface area (Å²) in [5.41, 5.74) is 6.34. The number of urea groups is 2. The zero-order chi connectivity index (χ0) is 14.8. The van der Waals surface area contributed by atoms with E-state index in [-0.39, 0.29) is 24.1 Å². The Hall–Kier alpha value is -2.31. The molecule has 1 unspecified atom stereocenters. The number of nitrogens with zero attached hydrogens (tertiary/aromatic N) is 3. The van der Waals surface area contributed by atoms with Gasteiger partial charge in [0.1, 0.15) is 0 Å². The minimum absolute atomic E-state index is 0.00895. The number of likely N-dealkylation sites (tertiary alicyclic amines) is 1. The van der Waals surface area contributed by atoms with Crippen molar-refractivity contribution >= 4 is 12.1 Å². The highest BCUT2D eigenvalue weighted by molar-refractivity contribution is 5.77. The Bertz CT molecular complexity index is 527. The van der Waals surface area contributed by atoms with Crippen molar-refractivity contribution in [2.75, 3.05) is 19.6 Å². The van der Waals surface area contributed by atoms with E-state index in [0.717, 1.165) is 18.4 Å². The van der Waals surface area contributed by atoms with Crippen molar-refractivity contribution in [3.63, 3.8) is 0 Å². The summed E-state index contributed by atoms with van der Waals surface area (Å²) in [6, 6.07) is 3.61. The lowest BCUT2D eigenvalue weighted by Gasteiger charge is -2.35. The molecule has 0 saturated carbocycles. The largest absolute Gasteiger partial charge is 0.351 e. The molecular formula is C14H19N5O2. The lowest BCUT2D eigenvalue weighted by Crippen LogP contribution is -2.49. The lowest BCUT2D eigenvalue weighted by atomic mass is 10.0. The molecule has 0 spiro atoms. The molecule has 7 heteroatoms. The molecule has 1 aromatic rings. The van der Waals surface area contributed by atoms with Crippen molar-refractivity contribution in [3.8, 4) is 0 Å². The molecule has 0 radical (unpaired) electrons. The first-order chi connectivity index (χ1) is 10.1. The second-order valence-electron chi connectivity index (χ2n) is 5.49. The minimum Gasteiger partial charge on any atom is -0.351 e. The van der Waals surface area contributed by atoms with Gasteiger partial charge < -0.3 is 20.9 Å². The number of nitrogens with two attached hydrogens (primary N) is 1. The van der Waals surface area contributed by atoms with Crippen molar-refractivity contribution < 1.29 is 9.59 Å². The molecule has 2 saturated heterocycles. The van der Waals surface area contributed by atoms with Gasteiger partial charge in [0.2, 0.25) is 0 Å². The Kier molecular flexibility index (Phi) is 3.64. The molecule has 3 heterocycles. The predicted octanol–water partition coefficient (Wildman–Crippen LogP) is 0.691. The zero-order valence-corrected chi connectivity index (χ0v) is 11.7.